The summed E-state index contributed by atoms with van der Waals surface area (Å²) in [6, 6.07) is -0.360. The van der Waals surface area contributed by atoms with E-state index >= 15 is 0 Å². The fourth-order valence-corrected chi connectivity index (χ4v) is 11.3. The van der Waals surface area contributed by atoms with Crippen molar-refractivity contribution in [3.05, 3.63) is 0 Å². The molecule has 7 rings (SSSR count). The molecule has 9 heteroatoms. The predicted octanol–water partition coefficient (Wildman–Crippen LogP) is -0.526. The second-order valence-corrected chi connectivity index (χ2v) is 14.3. The van der Waals surface area contributed by atoms with Gasteiger partial charge in [-0.25, -0.2) is 0 Å². The summed E-state index contributed by atoms with van der Waals surface area (Å²) in [6.45, 7) is 6.70. The molecule has 9 nitrogen and oxygen atoms in total. The molecule has 0 aromatic carbocycles. The van der Waals surface area contributed by atoms with Gasteiger partial charge in [0, 0.05) is 55.1 Å². The molecule has 1 spiro atoms. The van der Waals surface area contributed by atoms with Crippen molar-refractivity contribution in [2.75, 3.05) is 13.1 Å². The van der Waals surface area contributed by atoms with E-state index in [0.29, 0.717) is 44.6 Å². The molecule has 3 heterocycles. The van der Waals surface area contributed by atoms with Gasteiger partial charge in [0.05, 0.1) is 11.7 Å². The van der Waals surface area contributed by atoms with Crippen LogP contribution < -0.4 is 0 Å². The fourth-order valence-electron chi connectivity index (χ4n) is 11.3. The van der Waals surface area contributed by atoms with Crippen molar-refractivity contribution in [2.45, 2.75) is 124 Å². The van der Waals surface area contributed by atoms with Gasteiger partial charge in [-0.1, -0.05) is 13.8 Å². The van der Waals surface area contributed by atoms with Gasteiger partial charge in [0.2, 0.25) is 0 Å². The van der Waals surface area contributed by atoms with Gasteiger partial charge in [0.15, 0.2) is 5.79 Å². The lowest BCUT2D eigenvalue weighted by Crippen LogP contribution is -2.85. The van der Waals surface area contributed by atoms with Crippen LogP contribution in [0.15, 0.2) is 0 Å². The molecule has 7 fully saturated rings. The Balaban J connectivity index is 1.39. The first-order valence-electron chi connectivity index (χ1n) is 14.0. The van der Waals surface area contributed by atoms with E-state index in [1.54, 1.807) is 6.92 Å². The van der Waals surface area contributed by atoms with E-state index in [1.165, 1.54) is 0 Å². The molecule has 4 saturated carbocycles. The van der Waals surface area contributed by atoms with E-state index in [2.05, 4.69) is 11.8 Å². The van der Waals surface area contributed by atoms with E-state index in [-0.39, 0.29) is 31.3 Å². The largest absolute Gasteiger partial charge is 0.390 e. The minimum absolute atomic E-state index is 0.0208. The molecule has 0 radical (unpaired) electrons. The molecule has 0 aromatic heterocycles. The van der Waals surface area contributed by atoms with Crippen LogP contribution >= 0.6 is 0 Å². The summed E-state index contributed by atoms with van der Waals surface area (Å²) >= 11 is 0. The van der Waals surface area contributed by atoms with Crippen LogP contribution in [0.1, 0.15) is 72.1 Å². The van der Waals surface area contributed by atoms with Crippen molar-refractivity contribution in [3.63, 3.8) is 0 Å². The highest BCUT2D eigenvalue weighted by Crippen LogP contribution is 2.78. The lowest BCUT2D eigenvalue weighted by atomic mass is 9.49. The first kappa shape index (κ1) is 24.7. The van der Waals surface area contributed by atoms with Gasteiger partial charge in [-0.2, -0.15) is 0 Å². The maximum absolute atomic E-state index is 12.7. The number of rotatable bonds is 0. The first-order valence-corrected chi connectivity index (χ1v) is 14.0. The summed E-state index contributed by atoms with van der Waals surface area (Å²) in [6.07, 6.45) is 0.752. The first-order chi connectivity index (χ1) is 16.6. The standard InChI is InChI=1S/C27H43NO8/c1-14-4-7-18-22(3,31)26(34)17(12-28(18)11-14)24(33)13-25-16(23(24,32)10-20(26)30)6-5-15-21(25,2)9-8-19(29)27(15,35)36-25/h14-20,29-35H,4-13H2,1-3H3/t14-,15?,16-,17-,18-,19+,20-,21-,22+,23+,24+,25+,26-,27?/m0/s1. The molecule has 7 N–H and O–H groups in total. The Labute approximate surface area is 212 Å². The highest BCUT2D eigenvalue weighted by Gasteiger charge is 2.88. The van der Waals surface area contributed by atoms with Gasteiger partial charge in [0.1, 0.15) is 28.5 Å². The van der Waals surface area contributed by atoms with E-state index in [9.17, 15) is 35.7 Å². The molecule has 4 aliphatic carbocycles. The Morgan fingerprint density at radius 1 is 0.778 bits per heavy atom. The van der Waals surface area contributed by atoms with Gasteiger partial charge in [0.25, 0.3) is 0 Å². The lowest BCUT2D eigenvalue weighted by Gasteiger charge is -2.68. The zero-order valence-corrected chi connectivity index (χ0v) is 21.6. The molecule has 2 unspecified atom stereocenters. The number of aliphatic hydroxyl groups is 7. The van der Waals surface area contributed by atoms with Gasteiger partial charge in [-0.3, -0.25) is 4.90 Å². The summed E-state index contributed by atoms with van der Waals surface area (Å²) in [7, 11) is 0. The molecule has 0 aromatic rings. The Hall–Kier alpha value is -0.360. The third kappa shape index (κ3) is 2.27. The number of ether oxygens (including phenoxy) is 1. The van der Waals surface area contributed by atoms with Crippen molar-refractivity contribution < 1.29 is 40.5 Å². The maximum Gasteiger partial charge on any atom is 0.196 e. The second-order valence-electron chi connectivity index (χ2n) is 14.3. The number of hydrogen-bond donors (Lipinski definition) is 7. The Morgan fingerprint density at radius 3 is 2.19 bits per heavy atom. The van der Waals surface area contributed by atoms with Crippen LogP contribution in [0.5, 0.6) is 0 Å². The number of piperidine rings is 2. The van der Waals surface area contributed by atoms with Crippen LogP contribution in [0.25, 0.3) is 0 Å². The molecule has 4 bridgehead atoms. The minimum Gasteiger partial charge on any atom is -0.390 e. The molecule has 3 aliphatic heterocycles. The zero-order valence-electron chi connectivity index (χ0n) is 21.6. The van der Waals surface area contributed by atoms with Crippen LogP contribution in [-0.4, -0.2) is 106 Å². The lowest BCUT2D eigenvalue weighted by molar-refractivity contribution is -0.354. The summed E-state index contributed by atoms with van der Waals surface area (Å²) in [5.41, 5.74) is -9.07. The highest BCUT2D eigenvalue weighted by atomic mass is 16.7. The average Bonchev–Trinajstić information content (AvgIpc) is 2.97. The molecule has 3 saturated heterocycles. The van der Waals surface area contributed by atoms with Crippen LogP contribution in [-0.2, 0) is 4.74 Å². The summed E-state index contributed by atoms with van der Waals surface area (Å²) < 4.78 is 6.52. The van der Waals surface area contributed by atoms with Crippen LogP contribution in [0.3, 0.4) is 0 Å². The third-order valence-electron chi connectivity index (χ3n) is 13.1. The fraction of sp³-hybridized carbons (Fsp3) is 1.00. The Kier molecular flexibility index (Phi) is 4.57. The van der Waals surface area contributed by atoms with E-state index in [1.807, 2.05) is 6.92 Å². The van der Waals surface area contributed by atoms with Gasteiger partial charge < -0.3 is 40.5 Å². The van der Waals surface area contributed by atoms with E-state index < -0.39 is 63.3 Å². The quantitative estimate of drug-likeness (QED) is 0.228. The minimum atomic E-state index is -2.02. The molecule has 7 aliphatic rings. The number of fused-ring (bicyclic) bond motifs is 5. The Morgan fingerprint density at radius 2 is 1.47 bits per heavy atom. The maximum atomic E-state index is 12.7. The van der Waals surface area contributed by atoms with Crippen LogP contribution in [0, 0.1) is 29.1 Å². The highest BCUT2D eigenvalue weighted by molar-refractivity contribution is 5.37. The normalized spacial score (nSPS) is 68.0. The summed E-state index contributed by atoms with van der Waals surface area (Å²) in [5, 5.41) is 83.2. The van der Waals surface area contributed by atoms with Crippen molar-refractivity contribution in [1.82, 2.24) is 4.90 Å². The third-order valence-corrected chi connectivity index (χ3v) is 13.1. The zero-order chi connectivity index (χ0) is 25.9. The number of nitrogens with zero attached hydrogens (tertiary/aromatic N) is 1. The summed E-state index contributed by atoms with van der Waals surface area (Å²) in [5.74, 6) is -3.30. The van der Waals surface area contributed by atoms with Gasteiger partial charge in [-0.15, -0.1) is 0 Å². The smallest absolute Gasteiger partial charge is 0.196 e. The van der Waals surface area contributed by atoms with E-state index in [4.69, 9.17) is 4.74 Å². The SMILES string of the molecule is C[C@H]1CC[C@@H]2N(C1)C[C@@H]1[C@](O)([C@@H](O)C[C@@]3(O)[C@@H]4CCC5C6(O)O[C@@]4(C[C@@]13O)[C@@]5(C)CC[C@H]6O)[C@]2(C)O. The molecule has 0 amide bonds. The molecular formula is C27H43NO8. The topological polar surface area (TPSA) is 154 Å². The average molecular weight is 510 g/mol. The van der Waals surface area contributed by atoms with Gasteiger partial charge >= 0.3 is 0 Å². The second kappa shape index (κ2) is 6.67. The molecule has 36 heavy (non-hydrogen) atoms. The molecular weight excluding hydrogens is 466 g/mol. The van der Waals surface area contributed by atoms with Crippen molar-refractivity contribution in [1.29, 1.82) is 0 Å². The number of hydrogen-bond acceptors (Lipinski definition) is 9. The Bertz CT molecular complexity index is 995. The monoisotopic (exact) mass is 509 g/mol. The van der Waals surface area contributed by atoms with Crippen molar-refractivity contribution >= 4 is 0 Å². The van der Waals surface area contributed by atoms with E-state index in [0.717, 1.165) is 6.42 Å². The molecule has 14 atom stereocenters. The predicted molar refractivity (Wildman–Crippen MR) is 126 cm³/mol. The number of aliphatic hydroxyl groups excluding tert-OH is 2. The van der Waals surface area contributed by atoms with Crippen LogP contribution in [0.4, 0.5) is 0 Å². The van der Waals surface area contributed by atoms with Crippen molar-refractivity contribution in [2.24, 2.45) is 29.1 Å². The van der Waals surface area contributed by atoms with Crippen molar-refractivity contribution in [3.8, 4) is 0 Å². The van der Waals surface area contributed by atoms with Crippen LogP contribution in [0.2, 0.25) is 0 Å². The molecule has 204 valence electrons. The summed E-state index contributed by atoms with van der Waals surface area (Å²) in [4.78, 5) is 2.12. The van der Waals surface area contributed by atoms with Gasteiger partial charge in [-0.05, 0) is 51.4 Å².